The smallest absolute Gasteiger partial charge is 0.260 e. The lowest BCUT2D eigenvalue weighted by molar-refractivity contribution is -0.127. The lowest BCUT2D eigenvalue weighted by Crippen LogP contribution is -2.35. The van der Waals surface area contributed by atoms with Gasteiger partial charge in [-0.3, -0.25) is 4.79 Å². The van der Waals surface area contributed by atoms with Gasteiger partial charge in [-0.2, -0.15) is 0 Å². The van der Waals surface area contributed by atoms with Gasteiger partial charge in [0, 0.05) is 13.1 Å². The molecule has 1 saturated heterocycles. The predicted molar refractivity (Wildman–Crippen MR) is 53.1 cm³/mol. The summed E-state index contributed by atoms with van der Waals surface area (Å²) in [5.74, 6) is 0.136. The van der Waals surface area contributed by atoms with Gasteiger partial charge in [0.2, 0.25) is 0 Å². The van der Waals surface area contributed by atoms with Crippen LogP contribution in [0.3, 0.4) is 0 Å². The Kier molecular flexibility index (Phi) is 3.79. The van der Waals surface area contributed by atoms with E-state index in [1.807, 2.05) is 11.8 Å². The second-order valence-corrected chi connectivity index (χ2v) is 3.84. The van der Waals surface area contributed by atoms with Crippen LogP contribution >= 0.6 is 15.9 Å². The van der Waals surface area contributed by atoms with E-state index in [1.165, 1.54) is 6.42 Å². The van der Waals surface area contributed by atoms with E-state index in [0.717, 1.165) is 25.9 Å². The summed E-state index contributed by atoms with van der Waals surface area (Å²) in [6, 6.07) is 0. The van der Waals surface area contributed by atoms with Gasteiger partial charge in [-0.15, -0.1) is 0 Å². The Morgan fingerprint density at radius 1 is 1.33 bits per heavy atom. The third kappa shape index (κ3) is 2.34. The summed E-state index contributed by atoms with van der Waals surface area (Å²) < 4.78 is 0.685. The summed E-state index contributed by atoms with van der Waals surface area (Å²) in [7, 11) is 0. The summed E-state index contributed by atoms with van der Waals surface area (Å²) in [6.07, 6.45) is 5.36. The average Bonchev–Trinajstić information content (AvgIpc) is 2.17. The number of hydrogen-bond donors (Lipinski definition) is 0. The number of carbonyl (C=O) groups is 1. The van der Waals surface area contributed by atoms with Crippen LogP contribution in [-0.2, 0) is 4.79 Å². The van der Waals surface area contributed by atoms with Gasteiger partial charge in [0.1, 0.15) is 0 Å². The number of amides is 1. The van der Waals surface area contributed by atoms with Gasteiger partial charge in [0.15, 0.2) is 0 Å². The molecule has 0 aromatic rings. The van der Waals surface area contributed by atoms with Gasteiger partial charge >= 0.3 is 0 Å². The molecule has 3 heteroatoms. The molecule has 0 saturated carbocycles. The molecule has 12 heavy (non-hydrogen) atoms. The van der Waals surface area contributed by atoms with Crippen molar-refractivity contribution < 1.29 is 4.79 Å². The van der Waals surface area contributed by atoms with Crippen LogP contribution in [0.2, 0.25) is 0 Å². The van der Waals surface area contributed by atoms with E-state index in [1.54, 1.807) is 6.08 Å². The molecule has 0 radical (unpaired) electrons. The highest BCUT2D eigenvalue weighted by molar-refractivity contribution is 9.12. The summed E-state index contributed by atoms with van der Waals surface area (Å²) in [5, 5.41) is 0. The predicted octanol–water partition coefficient (Wildman–Crippen LogP) is 2.30. The van der Waals surface area contributed by atoms with Crippen molar-refractivity contribution >= 4 is 21.8 Å². The van der Waals surface area contributed by atoms with Crippen LogP contribution in [0, 0.1) is 0 Å². The Labute approximate surface area is 81.8 Å². The molecule has 1 aliphatic heterocycles. The zero-order valence-electron chi connectivity index (χ0n) is 7.35. The van der Waals surface area contributed by atoms with Gasteiger partial charge in [-0.25, -0.2) is 0 Å². The van der Waals surface area contributed by atoms with Crippen molar-refractivity contribution in [3.8, 4) is 0 Å². The van der Waals surface area contributed by atoms with Crippen molar-refractivity contribution in [2.45, 2.75) is 26.2 Å². The first-order valence-corrected chi connectivity index (χ1v) is 5.16. The van der Waals surface area contributed by atoms with Crippen LogP contribution in [0.25, 0.3) is 0 Å². The zero-order chi connectivity index (χ0) is 8.97. The fourth-order valence-electron chi connectivity index (χ4n) is 1.37. The van der Waals surface area contributed by atoms with Crippen molar-refractivity contribution in [2.24, 2.45) is 0 Å². The topological polar surface area (TPSA) is 20.3 Å². The van der Waals surface area contributed by atoms with E-state index in [-0.39, 0.29) is 5.91 Å². The fourth-order valence-corrected chi connectivity index (χ4v) is 1.62. The van der Waals surface area contributed by atoms with E-state index < -0.39 is 0 Å². The Morgan fingerprint density at radius 3 is 2.42 bits per heavy atom. The van der Waals surface area contributed by atoms with Crippen molar-refractivity contribution in [2.75, 3.05) is 13.1 Å². The third-order valence-electron chi connectivity index (χ3n) is 2.10. The number of rotatable bonds is 1. The Hall–Kier alpha value is -0.310. The van der Waals surface area contributed by atoms with Crippen molar-refractivity contribution in [3.05, 3.63) is 10.6 Å². The fraction of sp³-hybridized carbons (Fsp3) is 0.667. The van der Waals surface area contributed by atoms with Crippen LogP contribution < -0.4 is 0 Å². The SMILES string of the molecule is C/C=C(/Br)C(=O)N1CCCCC1. The second kappa shape index (κ2) is 4.65. The Balaban J connectivity index is 2.51. The summed E-state index contributed by atoms with van der Waals surface area (Å²) >= 11 is 3.25. The molecule has 1 amide bonds. The molecule has 0 unspecified atom stereocenters. The van der Waals surface area contributed by atoms with E-state index in [4.69, 9.17) is 0 Å². The number of piperidine rings is 1. The molecule has 68 valence electrons. The Bertz CT molecular complexity index is 195. The monoisotopic (exact) mass is 231 g/mol. The van der Waals surface area contributed by atoms with E-state index >= 15 is 0 Å². The van der Waals surface area contributed by atoms with Crippen molar-refractivity contribution in [1.29, 1.82) is 0 Å². The summed E-state index contributed by atoms with van der Waals surface area (Å²) in [4.78, 5) is 13.5. The lowest BCUT2D eigenvalue weighted by atomic mass is 10.1. The quantitative estimate of drug-likeness (QED) is 0.635. The normalized spacial score (nSPS) is 19.5. The van der Waals surface area contributed by atoms with Gasteiger partial charge < -0.3 is 4.90 Å². The molecule has 0 aromatic carbocycles. The molecule has 0 aliphatic carbocycles. The minimum atomic E-state index is 0.136. The third-order valence-corrected chi connectivity index (χ3v) is 2.90. The maximum absolute atomic E-state index is 11.5. The van der Waals surface area contributed by atoms with Gasteiger partial charge in [0.05, 0.1) is 4.48 Å². The van der Waals surface area contributed by atoms with Crippen LogP contribution in [0.4, 0.5) is 0 Å². The standard InChI is InChI=1S/C9H14BrNO/c1-2-8(10)9(12)11-6-4-3-5-7-11/h2H,3-7H2,1H3/b8-2+. The number of hydrogen-bond acceptors (Lipinski definition) is 1. The molecule has 0 N–H and O–H groups in total. The molecule has 0 bridgehead atoms. The highest BCUT2D eigenvalue weighted by Crippen LogP contribution is 2.15. The molecule has 1 heterocycles. The molecule has 1 fully saturated rings. The first-order valence-electron chi connectivity index (χ1n) is 4.37. The van der Waals surface area contributed by atoms with Crippen LogP contribution in [0.15, 0.2) is 10.6 Å². The molecule has 2 nitrogen and oxygen atoms in total. The minimum Gasteiger partial charge on any atom is -0.338 e. The number of likely N-dealkylation sites (tertiary alicyclic amines) is 1. The van der Waals surface area contributed by atoms with Crippen LogP contribution in [0.5, 0.6) is 0 Å². The number of nitrogens with zero attached hydrogens (tertiary/aromatic N) is 1. The average molecular weight is 232 g/mol. The number of carbonyl (C=O) groups excluding carboxylic acids is 1. The highest BCUT2D eigenvalue weighted by atomic mass is 79.9. The van der Waals surface area contributed by atoms with Crippen molar-refractivity contribution in [3.63, 3.8) is 0 Å². The van der Waals surface area contributed by atoms with Crippen LogP contribution in [0.1, 0.15) is 26.2 Å². The maximum atomic E-state index is 11.5. The van der Waals surface area contributed by atoms with E-state index in [9.17, 15) is 4.79 Å². The molecular formula is C9H14BrNO. The Morgan fingerprint density at radius 2 is 1.92 bits per heavy atom. The number of allylic oxidation sites excluding steroid dienone is 1. The molecule has 0 aromatic heterocycles. The number of halogens is 1. The first-order chi connectivity index (χ1) is 5.75. The highest BCUT2D eigenvalue weighted by Gasteiger charge is 2.17. The van der Waals surface area contributed by atoms with Gasteiger partial charge in [-0.05, 0) is 42.1 Å². The van der Waals surface area contributed by atoms with Gasteiger partial charge in [-0.1, -0.05) is 6.08 Å². The van der Waals surface area contributed by atoms with Crippen molar-refractivity contribution in [1.82, 2.24) is 4.90 Å². The van der Waals surface area contributed by atoms with Gasteiger partial charge in [0.25, 0.3) is 5.91 Å². The summed E-state index contributed by atoms with van der Waals surface area (Å²) in [5.41, 5.74) is 0. The molecule has 1 rings (SSSR count). The maximum Gasteiger partial charge on any atom is 0.260 e. The largest absolute Gasteiger partial charge is 0.338 e. The lowest BCUT2D eigenvalue weighted by Gasteiger charge is -2.26. The minimum absolute atomic E-state index is 0.136. The first kappa shape index (κ1) is 9.78. The second-order valence-electron chi connectivity index (χ2n) is 2.99. The summed E-state index contributed by atoms with van der Waals surface area (Å²) in [6.45, 7) is 3.70. The molecule has 0 atom stereocenters. The molecule has 1 aliphatic rings. The van der Waals surface area contributed by atoms with E-state index in [2.05, 4.69) is 15.9 Å². The zero-order valence-corrected chi connectivity index (χ0v) is 8.93. The van der Waals surface area contributed by atoms with E-state index in [0.29, 0.717) is 4.48 Å². The molecular weight excluding hydrogens is 218 g/mol. The molecule has 0 spiro atoms. The van der Waals surface area contributed by atoms with Crippen LogP contribution in [-0.4, -0.2) is 23.9 Å².